The number of aromatic nitrogens is 2. The summed E-state index contributed by atoms with van der Waals surface area (Å²) >= 11 is 0. The Morgan fingerprint density at radius 2 is 1.62 bits per heavy atom. The molecule has 5 heterocycles. The van der Waals surface area contributed by atoms with E-state index in [0.717, 1.165) is 85.4 Å². The van der Waals surface area contributed by atoms with Crippen molar-refractivity contribution >= 4 is 28.8 Å². The number of piperidine rings is 2. The SMILES string of the molecule is COc1ccc([C@]2(CCN(Cc3ccc(OC4CC5(CCN(CC(=O)N6Cc7ccc8c(c7C6)n(C)c(=O)n8C6CCC(=O)NC6=O)CC5)C4)cc3)CC(C)(C)C(F)(F)F)CCOC(C)(C)C2)cc1. The predicted octanol–water partition coefficient (Wildman–Crippen LogP) is 7.80. The number of fused-ring (bicyclic) bond motifs is 3. The third-order valence-electron chi connectivity index (χ3n) is 16.1. The van der Waals surface area contributed by atoms with E-state index in [1.807, 2.05) is 58.3 Å². The number of alkyl halides is 3. The van der Waals surface area contributed by atoms with Crippen LogP contribution in [0.2, 0.25) is 0 Å². The van der Waals surface area contributed by atoms with Gasteiger partial charge in [-0.3, -0.25) is 38.6 Å². The Kier molecular flexibility index (Phi) is 13.1. The van der Waals surface area contributed by atoms with Gasteiger partial charge in [-0.25, -0.2) is 4.79 Å². The molecular formula is C53H67F3N6O7. The number of halogens is 3. The summed E-state index contributed by atoms with van der Waals surface area (Å²) in [5, 5.41) is 2.36. The topological polar surface area (TPSA) is 128 Å². The minimum absolute atomic E-state index is 0.0381. The van der Waals surface area contributed by atoms with Crippen molar-refractivity contribution in [2.24, 2.45) is 17.9 Å². The van der Waals surface area contributed by atoms with Crippen molar-refractivity contribution in [3.05, 3.63) is 93.4 Å². The number of methoxy groups -OCH3 is 1. The molecule has 16 heteroatoms. The van der Waals surface area contributed by atoms with E-state index in [1.165, 1.54) is 18.4 Å². The van der Waals surface area contributed by atoms with Gasteiger partial charge in [-0.1, -0.05) is 30.3 Å². The van der Waals surface area contributed by atoms with Crippen LogP contribution in [0.1, 0.15) is 114 Å². The molecule has 1 N–H and O–H groups in total. The van der Waals surface area contributed by atoms with Crippen LogP contribution in [-0.2, 0) is 51.2 Å². The zero-order valence-electron chi connectivity index (χ0n) is 40.9. The molecule has 5 aliphatic rings. The smallest absolute Gasteiger partial charge is 0.395 e. The lowest BCUT2D eigenvalue weighted by molar-refractivity contribution is -0.217. The van der Waals surface area contributed by atoms with E-state index in [0.29, 0.717) is 56.8 Å². The van der Waals surface area contributed by atoms with Gasteiger partial charge in [-0.2, -0.15) is 13.2 Å². The average Bonchev–Trinajstić information content (AvgIpc) is 3.84. The molecule has 0 radical (unpaired) electrons. The minimum Gasteiger partial charge on any atom is -0.497 e. The third kappa shape index (κ3) is 9.95. The number of ether oxygens (including phenoxy) is 3. The van der Waals surface area contributed by atoms with Gasteiger partial charge in [0.05, 0.1) is 41.8 Å². The number of rotatable bonds is 14. The molecule has 3 saturated heterocycles. The molecule has 1 unspecified atom stereocenters. The highest BCUT2D eigenvalue weighted by molar-refractivity contribution is 6.00. The highest BCUT2D eigenvalue weighted by Crippen LogP contribution is 2.51. The third-order valence-corrected chi connectivity index (χ3v) is 16.1. The van der Waals surface area contributed by atoms with E-state index >= 15 is 0 Å². The van der Waals surface area contributed by atoms with Gasteiger partial charge >= 0.3 is 11.9 Å². The second-order valence-corrected chi connectivity index (χ2v) is 22.0. The molecule has 4 aromatic rings. The van der Waals surface area contributed by atoms with Crippen LogP contribution >= 0.6 is 0 Å². The van der Waals surface area contributed by atoms with Crippen molar-refractivity contribution < 1.29 is 41.8 Å². The lowest BCUT2D eigenvalue weighted by atomic mass is 9.61. The first-order chi connectivity index (χ1) is 32.7. The number of amides is 3. The van der Waals surface area contributed by atoms with E-state index in [1.54, 1.807) is 18.7 Å². The summed E-state index contributed by atoms with van der Waals surface area (Å²) in [4.78, 5) is 57.7. The van der Waals surface area contributed by atoms with Crippen LogP contribution in [0.15, 0.2) is 65.5 Å². The molecule has 372 valence electrons. The lowest BCUT2D eigenvalue weighted by Crippen LogP contribution is -2.52. The van der Waals surface area contributed by atoms with Gasteiger partial charge in [0.2, 0.25) is 17.7 Å². The van der Waals surface area contributed by atoms with Crippen LogP contribution in [0, 0.1) is 10.8 Å². The molecule has 2 atom stereocenters. The molecule has 1 saturated carbocycles. The number of hydrogen-bond acceptors (Lipinski definition) is 9. The normalized spacial score (nSPS) is 23.0. The molecule has 13 nitrogen and oxygen atoms in total. The van der Waals surface area contributed by atoms with E-state index in [-0.39, 0.29) is 59.4 Å². The first kappa shape index (κ1) is 48.8. The summed E-state index contributed by atoms with van der Waals surface area (Å²) in [6.07, 6.45) is 2.19. The fourth-order valence-corrected chi connectivity index (χ4v) is 12.0. The first-order valence-corrected chi connectivity index (χ1v) is 24.5. The van der Waals surface area contributed by atoms with Crippen molar-refractivity contribution in [1.82, 2.24) is 29.2 Å². The summed E-state index contributed by atoms with van der Waals surface area (Å²) in [6, 6.07) is 18.9. The monoisotopic (exact) mass is 957 g/mol. The summed E-state index contributed by atoms with van der Waals surface area (Å²) in [5.41, 5.74) is 2.63. The molecule has 1 aliphatic carbocycles. The summed E-state index contributed by atoms with van der Waals surface area (Å²) in [7, 11) is 3.32. The van der Waals surface area contributed by atoms with Crippen molar-refractivity contribution in [3.8, 4) is 11.5 Å². The molecule has 1 spiro atoms. The maximum Gasteiger partial charge on any atom is 0.395 e. The van der Waals surface area contributed by atoms with Crippen LogP contribution in [0.25, 0.3) is 11.0 Å². The van der Waals surface area contributed by atoms with E-state index in [4.69, 9.17) is 14.2 Å². The molecule has 1 aromatic heterocycles. The second kappa shape index (κ2) is 18.5. The quantitative estimate of drug-likeness (QED) is 0.126. The Balaban J connectivity index is 0.774. The number of carbonyl (C=O) groups is 3. The van der Waals surface area contributed by atoms with Gasteiger partial charge in [0.25, 0.3) is 0 Å². The van der Waals surface area contributed by atoms with Crippen molar-refractivity contribution in [2.75, 3.05) is 46.4 Å². The molecule has 4 aliphatic heterocycles. The van der Waals surface area contributed by atoms with Gasteiger partial charge < -0.3 is 19.1 Å². The summed E-state index contributed by atoms with van der Waals surface area (Å²) in [5.74, 6) is 0.740. The summed E-state index contributed by atoms with van der Waals surface area (Å²) in [6.45, 7) is 10.8. The van der Waals surface area contributed by atoms with Crippen LogP contribution in [0.5, 0.6) is 11.5 Å². The number of hydrogen-bond donors (Lipinski definition) is 1. The van der Waals surface area contributed by atoms with Crippen LogP contribution in [0.4, 0.5) is 13.2 Å². The van der Waals surface area contributed by atoms with E-state index < -0.39 is 23.5 Å². The number of benzene rings is 3. The van der Waals surface area contributed by atoms with Gasteiger partial charge in [0, 0.05) is 57.2 Å². The van der Waals surface area contributed by atoms with E-state index in [9.17, 15) is 32.3 Å². The Bertz CT molecular complexity index is 2620. The van der Waals surface area contributed by atoms with Crippen LogP contribution < -0.4 is 20.5 Å². The number of imide groups is 1. The standard InChI is InChI=1S/C53H67F3N6O7/c1-49(2,53(54,55)56)34-60(25-21-52(22-26-68-50(3,4)33-52)37-10-14-38(67-6)15-11-37)29-35-7-12-39(13-8-35)69-40-27-51(28-40)19-23-59(24-20-51)32-45(64)61-30-36-9-16-42-46(41(36)31-61)58(5)48(66)62(42)43-17-18-44(63)57-47(43)65/h7-16,40,43H,17-34H2,1-6H3,(H,57,63,65)/t43?,52-/m1/s1. The summed E-state index contributed by atoms with van der Waals surface area (Å²) < 4.78 is 64.1. The van der Waals surface area contributed by atoms with Crippen LogP contribution in [0.3, 0.4) is 0 Å². The Hall–Kier alpha value is -5.19. The van der Waals surface area contributed by atoms with Crippen molar-refractivity contribution in [2.45, 2.75) is 134 Å². The lowest BCUT2D eigenvalue weighted by Gasteiger charge is -2.51. The number of imidazole rings is 1. The minimum atomic E-state index is -4.36. The van der Waals surface area contributed by atoms with Crippen molar-refractivity contribution in [3.63, 3.8) is 0 Å². The highest BCUT2D eigenvalue weighted by Gasteiger charge is 2.50. The second-order valence-electron chi connectivity index (χ2n) is 22.0. The number of aryl methyl sites for hydroxylation is 1. The fraction of sp³-hybridized carbons (Fsp3) is 0.585. The molecular weight excluding hydrogens is 890 g/mol. The van der Waals surface area contributed by atoms with Crippen LogP contribution in [-0.4, -0.2) is 106 Å². The zero-order chi connectivity index (χ0) is 49.1. The number of likely N-dealkylation sites (tertiary alicyclic amines) is 1. The molecule has 3 amide bonds. The predicted molar refractivity (Wildman–Crippen MR) is 255 cm³/mol. The molecule has 4 fully saturated rings. The Morgan fingerprint density at radius 1 is 0.928 bits per heavy atom. The van der Waals surface area contributed by atoms with Gasteiger partial charge in [0.1, 0.15) is 17.5 Å². The maximum absolute atomic E-state index is 14.4. The molecule has 9 rings (SSSR count). The highest BCUT2D eigenvalue weighted by atomic mass is 19.4. The number of nitrogens with zero attached hydrogens (tertiary/aromatic N) is 5. The van der Waals surface area contributed by atoms with Crippen molar-refractivity contribution in [1.29, 1.82) is 0 Å². The van der Waals surface area contributed by atoms with E-state index in [2.05, 4.69) is 36.2 Å². The molecule has 3 aromatic carbocycles. The molecule has 0 bridgehead atoms. The first-order valence-electron chi connectivity index (χ1n) is 24.5. The maximum atomic E-state index is 14.4. The largest absolute Gasteiger partial charge is 0.497 e. The van der Waals surface area contributed by atoms with Gasteiger partial charge in [-0.05, 0) is 151 Å². The number of carbonyl (C=O) groups excluding carboxylic acids is 3. The van der Waals surface area contributed by atoms with Gasteiger partial charge in [-0.15, -0.1) is 0 Å². The average molecular weight is 957 g/mol. The molecule has 69 heavy (non-hydrogen) atoms. The Morgan fingerprint density at radius 3 is 2.28 bits per heavy atom. The zero-order valence-corrected chi connectivity index (χ0v) is 40.9. The van der Waals surface area contributed by atoms with Gasteiger partial charge in [0.15, 0.2) is 0 Å². The fourth-order valence-electron chi connectivity index (χ4n) is 12.0. The Labute approximate surface area is 402 Å². The number of nitrogens with one attached hydrogen (secondary N) is 1.